The highest BCUT2D eigenvalue weighted by molar-refractivity contribution is 6.68. The lowest BCUT2D eigenvalue weighted by Crippen LogP contribution is -2.49. The first-order chi connectivity index (χ1) is 12.7. The van der Waals surface area contributed by atoms with Crippen molar-refractivity contribution in [2.45, 2.75) is 23.4 Å². The Hall–Kier alpha value is -2.37. The van der Waals surface area contributed by atoms with Crippen LogP contribution in [0.5, 0.6) is 0 Å². The van der Waals surface area contributed by atoms with Crippen LogP contribution in [0, 0.1) is 17.0 Å². The minimum absolute atomic E-state index is 0.0351. The summed E-state index contributed by atoms with van der Waals surface area (Å²) in [5, 5.41) is 16.0. The number of anilines is 1. The zero-order valence-electron chi connectivity index (χ0n) is 13.8. The summed E-state index contributed by atoms with van der Waals surface area (Å²) in [6, 6.07) is 1.51. The fourth-order valence-corrected chi connectivity index (χ4v) is 2.32. The molecule has 0 aliphatic heterocycles. The number of nitrogens with zero attached hydrogens (tertiary/aromatic N) is 5. The zero-order chi connectivity index (χ0) is 20.0. The molecule has 0 bridgehead atoms. The average Bonchev–Trinajstić information content (AvgIpc) is 2.95. The van der Waals surface area contributed by atoms with Gasteiger partial charge in [-0.15, -0.1) is 0 Å². The molecule has 1 atom stereocenters. The average molecular weight is 439 g/mol. The molecule has 14 heteroatoms. The summed E-state index contributed by atoms with van der Waals surface area (Å²) in [6.07, 6.45) is 1.81. The van der Waals surface area contributed by atoms with E-state index >= 15 is 0 Å². The summed E-state index contributed by atoms with van der Waals surface area (Å²) < 4.78 is 4.39. The molecule has 0 aliphatic carbocycles. The lowest BCUT2D eigenvalue weighted by Gasteiger charge is -2.26. The number of carbonyl (C=O) groups excluding carboxylic acids is 1. The summed E-state index contributed by atoms with van der Waals surface area (Å²) in [5.41, 5.74) is 0. The van der Waals surface area contributed by atoms with Gasteiger partial charge in [-0.05, 0) is 11.0 Å². The van der Waals surface area contributed by atoms with Crippen LogP contribution < -0.4 is 10.6 Å². The Morgan fingerprint density at radius 2 is 2.19 bits per heavy atom. The van der Waals surface area contributed by atoms with Gasteiger partial charge in [0, 0.05) is 13.1 Å². The third-order valence-electron chi connectivity index (χ3n) is 3.23. The van der Waals surface area contributed by atoms with E-state index < -0.39 is 21.0 Å². The van der Waals surface area contributed by atoms with Crippen molar-refractivity contribution in [3.63, 3.8) is 0 Å². The topological polar surface area (TPSA) is 137 Å². The molecule has 0 aliphatic rings. The van der Waals surface area contributed by atoms with Gasteiger partial charge in [0.15, 0.2) is 12.0 Å². The van der Waals surface area contributed by atoms with Crippen molar-refractivity contribution in [2.75, 3.05) is 11.9 Å². The van der Waals surface area contributed by atoms with Crippen molar-refractivity contribution in [2.24, 2.45) is 0 Å². The molecule has 2 rings (SSSR count). The molecule has 0 aromatic carbocycles. The van der Waals surface area contributed by atoms with Crippen molar-refractivity contribution in [1.29, 1.82) is 0 Å². The summed E-state index contributed by atoms with van der Waals surface area (Å²) in [4.78, 5) is 33.8. The number of aromatic nitrogens is 4. The maximum atomic E-state index is 12.0. The molecular formula is C13H14Cl3N7O4. The zero-order valence-corrected chi connectivity index (χ0v) is 16.1. The van der Waals surface area contributed by atoms with Gasteiger partial charge in [-0.1, -0.05) is 34.8 Å². The molecular weight excluding hydrogens is 425 g/mol. The number of hydrogen-bond donors (Lipinski definition) is 2. The second-order valence-electron chi connectivity index (χ2n) is 5.07. The molecule has 11 nitrogen and oxygen atoms in total. The minimum Gasteiger partial charge on any atom is -0.445 e. The molecule has 1 amide bonds. The maximum Gasteiger partial charge on any atom is 0.409 e. The Kier molecular flexibility index (Phi) is 6.99. The van der Waals surface area contributed by atoms with Crippen LogP contribution in [0.1, 0.15) is 5.82 Å². The van der Waals surface area contributed by atoms with Gasteiger partial charge in [-0.25, -0.2) is 24.3 Å². The standard InChI is InChI=1S/C13H14Cl3N7O4/c1-8-18-6-10(23(25)26)22(8)4-5-27-12(24)21-11(13(14,15)16)20-9-2-3-17-7-19-9/h2-3,6-7,11H,4-5H2,1H3,(H,21,24)(H,17,19,20). The van der Waals surface area contributed by atoms with E-state index in [2.05, 4.69) is 25.6 Å². The van der Waals surface area contributed by atoms with Crippen molar-refractivity contribution >= 4 is 52.5 Å². The molecule has 0 saturated carbocycles. The van der Waals surface area contributed by atoms with Gasteiger partial charge in [0.1, 0.15) is 31.5 Å². The number of carbonyl (C=O) groups is 1. The Balaban J connectivity index is 1.92. The van der Waals surface area contributed by atoms with Crippen molar-refractivity contribution in [3.05, 3.63) is 40.7 Å². The molecule has 27 heavy (non-hydrogen) atoms. The number of ether oxygens (including phenoxy) is 1. The molecule has 2 heterocycles. The molecule has 0 spiro atoms. The SMILES string of the molecule is Cc1ncc([N+](=O)[O-])n1CCOC(=O)NC(Nc1ccncn1)C(Cl)(Cl)Cl. The summed E-state index contributed by atoms with van der Waals surface area (Å²) in [7, 11) is 0. The van der Waals surface area contributed by atoms with Crippen LogP contribution in [-0.4, -0.2) is 47.1 Å². The summed E-state index contributed by atoms with van der Waals surface area (Å²) in [6.45, 7) is 1.47. The predicted octanol–water partition coefficient (Wildman–Crippen LogP) is 2.42. The van der Waals surface area contributed by atoms with E-state index in [9.17, 15) is 14.9 Å². The number of alkyl carbamates (subject to hydrolysis) is 1. The number of aryl methyl sites for hydroxylation is 1. The van der Waals surface area contributed by atoms with Gasteiger partial charge in [-0.2, -0.15) is 0 Å². The normalized spacial score (nSPS) is 12.3. The Bertz CT molecular complexity index is 797. The smallest absolute Gasteiger partial charge is 0.409 e. The van der Waals surface area contributed by atoms with Crippen LogP contribution in [0.4, 0.5) is 16.4 Å². The van der Waals surface area contributed by atoms with E-state index in [1.165, 1.54) is 23.2 Å². The second-order valence-corrected chi connectivity index (χ2v) is 7.44. The molecule has 0 fully saturated rings. The molecule has 0 saturated heterocycles. The fraction of sp³-hybridized carbons (Fsp3) is 0.385. The lowest BCUT2D eigenvalue weighted by molar-refractivity contribution is -0.392. The number of halogens is 3. The molecule has 2 aromatic rings. The van der Waals surface area contributed by atoms with Crippen molar-refractivity contribution in [1.82, 2.24) is 24.8 Å². The number of alkyl halides is 3. The molecule has 2 N–H and O–H groups in total. The van der Waals surface area contributed by atoms with Gasteiger partial charge in [-0.3, -0.25) is 5.32 Å². The first kappa shape index (κ1) is 20.9. The number of imidazole rings is 1. The Labute approximate surface area is 168 Å². The number of rotatable bonds is 7. The van der Waals surface area contributed by atoms with Crippen LogP contribution in [-0.2, 0) is 11.3 Å². The molecule has 2 aromatic heterocycles. The van der Waals surface area contributed by atoms with Crippen LogP contribution in [0.3, 0.4) is 0 Å². The monoisotopic (exact) mass is 437 g/mol. The van der Waals surface area contributed by atoms with E-state index in [1.807, 2.05) is 0 Å². The summed E-state index contributed by atoms with van der Waals surface area (Å²) in [5.74, 6) is 0.516. The molecule has 0 radical (unpaired) electrons. The second kappa shape index (κ2) is 9.02. The van der Waals surface area contributed by atoms with E-state index in [0.29, 0.717) is 11.6 Å². The first-order valence-electron chi connectivity index (χ1n) is 7.37. The van der Waals surface area contributed by atoms with E-state index in [4.69, 9.17) is 39.5 Å². The van der Waals surface area contributed by atoms with Gasteiger partial charge in [0.2, 0.25) is 3.79 Å². The minimum atomic E-state index is -1.91. The first-order valence-corrected chi connectivity index (χ1v) is 8.51. The highest BCUT2D eigenvalue weighted by Gasteiger charge is 2.35. The Morgan fingerprint density at radius 3 is 2.78 bits per heavy atom. The lowest BCUT2D eigenvalue weighted by atomic mass is 10.5. The van der Waals surface area contributed by atoms with Crippen molar-refractivity contribution in [3.8, 4) is 0 Å². The summed E-state index contributed by atoms with van der Waals surface area (Å²) >= 11 is 17.6. The van der Waals surface area contributed by atoms with Crippen LogP contribution in [0.2, 0.25) is 0 Å². The Morgan fingerprint density at radius 1 is 1.44 bits per heavy atom. The van der Waals surface area contributed by atoms with E-state index in [-0.39, 0.29) is 19.0 Å². The van der Waals surface area contributed by atoms with Crippen LogP contribution in [0.25, 0.3) is 0 Å². The highest BCUT2D eigenvalue weighted by Crippen LogP contribution is 2.30. The molecule has 1 unspecified atom stereocenters. The van der Waals surface area contributed by atoms with Gasteiger partial charge >= 0.3 is 11.9 Å². The van der Waals surface area contributed by atoms with Crippen molar-refractivity contribution < 1.29 is 14.5 Å². The molecule has 146 valence electrons. The number of amides is 1. The van der Waals surface area contributed by atoms with Gasteiger partial charge in [0.05, 0.1) is 0 Å². The quantitative estimate of drug-likeness (QED) is 0.291. The predicted molar refractivity (Wildman–Crippen MR) is 97.8 cm³/mol. The maximum absolute atomic E-state index is 12.0. The van der Waals surface area contributed by atoms with Crippen LogP contribution >= 0.6 is 34.8 Å². The highest BCUT2D eigenvalue weighted by atomic mass is 35.6. The van der Waals surface area contributed by atoms with E-state index in [1.54, 1.807) is 6.92 Å². The number of hydrogen-bond acceptors (Lipinski definition) is 8. The van der Waals surface area contributed by atoms with Gasteiger partial charge in [0.25, 0.3) is 0 Å². The van der Waals surface area contributed by atoms with Gasteiger partial charge < -0.3 is 20.2 Å². The fourth-order valence-electron chi connectivity index (χ4n) is 1.99. The number of nitrogens with one attached hydrogen (secondary N) is 2. The number of nitro groups is 1. The third kappa shape index (κ3) is 6.08. The van der Waals surface area contributed by atoms with Crippen LogP contribution in [0.15, 0.2) is 24.8 Å². The third-order valence-corrected chi connectivity index (χ3v) is 3.89. The van der Waals surface area contributed by atoms with E-state index in [0.717, 1.165) is 6.20 Å². The largest absolute Gasteiger partial charge is 0.445 e.